The number of hydrogen-bond acceptors (Lipinski definition) is 7. The third-order valence-corrected chi connectivity index (χ3v) is 28.5. The fraction of sp³-hybridized carbons (Fsp3) is 0. The summed E-state index contributed by atoms with van der Waals surface area (Å²) < 4.78 is 22.1. The lowest BCUT2D eigenvalue weighted by atomic mass is 10.1. The average Bonchev–Trinajstić information content (AvgIpc) is 1.55. The van der Waals surface area contributed by atoms with E-state index < -0.39 is 0 Å². The fourth-order valence-electron chi connectivity index (χ4n) is 18.9. The number of benzene rings is 15. The zero-order valence-electron chi connectivity index (χ0n) is 62.5. The van der Waals surface area contributed by atoms with E-state index in [2.05, 4.69) is 381 Å². The summed E-state index contributed by atoms with van der Waals surface area (Å²) in [6.07, 6.45) is 5.93. The van der Waals surface area contributed by atoms with Gasteiger partial charge in [-0.3, -0.25) is 13.7 Å². The summed E-state index contributed by atoms with van der Waals surface area (Å²) in [6.45, 7) is 0. The molecule has 0 saturated carbocycles. The zero-order chi connectivity index (χ0) is 76.5. The van der Waals surface area contributed by atoms with Crippen molar-refractivity contribution in [1.29, 1.82) is 0 Å². The van der Waals surface area contributed by atoms with Gasteiger partial charge in [0.1, 0.15) is 0 Å². The van der Waals surface area contributed by atoms with Crippen LogP contribution in [0, 0.1) is 0 Å². The number of rotatable bonds is 6. The number of nitrogens with zero attached hydrogens (tertiary/aromatic N) is 8. The van der Waals surface area contributed by atoms with E-state index in [0.29, 0.717) is 0 Å². The second kappa shape index (κ2) is 26.1. The van der Waals surface area contributed by atoms with Crippen LogP contribution in [-0.4, -0.2) is 37.8 Å². The summed E-state index contributed by atoms with van der Waals surface area (Å²) in [5, 5.41) is 23.0. The maximum atomic E-state index is 5.05. The van der Waals surface area contributed by atoms with Gasteiger partial charge in [0.15, 0.2) is 17.5 Å². The van der Waals surface area contributed by atoms with Crippen molar-refractivity contribution in [2.75, 3.05) is 0 Å². The molecule has 117 heavy (non-hydrogen) atoms. The summed E-state index contributed by atoms with van der Waals surface area (Å²) in [5.74, 6) is 2.98. The van der Waals surface area contributed by atoms with Crippen LogP contribution < -0.4 is 0 Å². The highest BCUT2D eigenvalue weighted by Crippen LogP contribution is 2.51. The number of pyridine rings is 3. The van der Waals surface area contributed by atoms with Crippen molar-refractivity contribution in [3.8, 4) is 40.0 Å². The van der Waals surface area contributed by atoms with Crippen LogP contribution in [0.5, 0.6) is 0 Å². The van der Waals surface area contributed by atoms with Gasteiger partial charge >= 0.3 is 0 Å². The maximum Gasteiger partial charge on any atom is 0.155 e. The van der Waals surface area contributed by atoms with Crippen molar-refractivity contribution in [2.24, 2.45) is 0 Å². The molecular weight excluding hydrogens is 1500 g/mol. The van der Waals surface area contributed by atoms with E-state index in [1.54, 1.807) is 0 Å². The molecule has 0 aliphatic carbocycles. The molecule has 0 bridgehead atoms. The molecule has 15 aromatic carbocycles. The van der Waals surface area contributed by atoms with Crippen LogP contribution >= 0.6 is 45.3 Å². The molecule has 27 rings (SSSR count). The summed E-state index contributed by atoms with van der Waals surface area (Å²) in [5.41, 5.74) is 16.8. The topological polar surface area (TPSA) is 63.3 Å². The van der Waals surface area contributed by atoms with Crippen molar-refractivity contribution < 1.29 is 0 Å². The van der Waals surface area contributed by atoms with Gasteiger partial charge in [-0.1, -0.05) is 237 Å². The standard InChI is InChI=1S/C41H25N3S.C35H21N3S.C29H16N2S2/c1-2-10-26(11-3-1)27-18-20-28(21-19-27)43-34-15-7-6-14-31(34)32-22-23-37-38(39(32)43)33-24-25-42-41(40(33)45-37)44-35-16-8-4-12-29(35)30-13-5-9-17-36(30)44;1-2-10-22(11-3-1)37-28-15-7-6-14-25(28)26-18-19-31-32(33(26)37)27-20-21-36-35(34(27)39-31)38-29-16-8-4-12-23(29)24-13-5-9-17-30(24)38;1-4-10-21-17(7-1)18-8-2-5-11-22(18)31(21)29-28-20(15-16-30-29)27-25(33-28)14-13-24-26(27)19-9-3-6-12-23(19)32-24/h1-25H;1-21H;1-16H. The second-order valence-corrected chi connectivity index (χ2v) is 34.2. The van der Waals surface area contributed by atoms with Gasteiger partial charge in [-0.25, -0.2) is 15.0 Å². The lowest BCUT2D eigenvalue weighted by Gasteiger charge is -2.11. The molecule has 8 nitrogen and oxygen atoms in total. The Morgan fingerprint density at radius 2 is 0.444 bits per heavy atom. The molecule has 0 aliphatic rings. The van der Waals surface area contributed by atoms with Gasteiger partial charge in [-0.2, -0.15) is 0 Å². The lowest BCUT2D eigenvalue weighted by molar-refractivity contribution is 1.10. The van der Waals surface area contributed by atoms with E-state index in [1.807, 2.05) is 63.9 Å². The van der Waals surface area contributed by atoms with E-state index in [9.17, 15) is 0 Å². The summed E-state index contributed by atoms with van der Waals surface area (Å²) in [7, 11) is 0. The highest BCUT2D eigenvalue weighted by atomic mass is 32.1. The minimum absolute atomic E-state index is 0.981. The van der Waals surface area contributed by atoms with Gasteiger partial charge in [0.05, 0.1) is 69.3 Å². The summed E-state index contributed by atoms with van der Waals surface area (Å²) in [6, 6.07) is 129. The van der Waals surface area contributed by atoms with Crippen molar-refractivity contribution in [3.63, 3.8) is 0 Å². The van der Waals surface area contributed by atoms with Crippen molar-refractivity contribution in [2.45, 2.75) is 0 Å². The number of thiophene rings is 4. The molecule has 27 aromatic rings. The fourth-order valence-corrected chi connectivity index (χ4v) is 23.6. The zero-order valence-corrected chi connectivity index (χ0v) is 65.8. The van der Waals surface area contributed by atoms with Gasteiger partial charge in [-0.15, -0.1) is 45.3 Å². The SMILES string of the molecule is c1ccc(-c2ccc(-n3c4ccccc4c4ccc5sc6c(-n7c8ccccc8c8ccccc87)nccc6c5c43)cc2)cc1.c1ccc(-n2c3ccccc3c3ccc4sc5c(-n6c7ccccc7c7ccccc76)nccc5c4c32)cc1.c1ccc2c(c1)sc1ccc3sc4c(-n5c6ccccc6c6ccccc65)nccc4c3c12. The first-order valence-electron chi connectivity index (χ1n) is 39.4. The van der Waals surface area contributed by atoms with Crippen molar-refractivity contribution in [3.05, 3.63) is 377 Å². The first-order chi connectivity index (χ1) is 58.1. The quantitative estimate of drug-likeness (QED) is 0.167. The van der Waals surface area contributed by atoms with Gasteiger partial charge in [-0.05, 0) is 132 Å². The molecule has 0 unspecified atom stereocenters. The van der Waals surface area contributed by atoms with Gasteiger partial charge in [0.25, 0.3) is 0 Å². The third-order valence-electron chi connectivity index (χ3n) is 23.8. The Kier molecular flexibility index (Phi) is 14.7. The molecule has 0 N–H and O–H groups in total. The largest absolute Gasteiger partial charge is 0.309 e. The van der Waals surface area contributed by atoms with E-state index >= 15 is 0 Å². The van der Waals surface area contributed by atoms with Crippen LogP contribution in [0.2, 0.25) is 0 Å². The molecule has 546 valence electrons. The Labute approximate surface area is 683 Å². The summed E-state index contributed by atoms with van der Waals surface area (Å²) in [4.78, 5) is 15.0. The molecule has 0 spiro atoms. The molecule has 0 aliphatic heterocycles. The first kappa shape index (κ1) is 66.1. The maximum absolute atomic E-state index is 5.05. The molecule has 12 aromatic heterocycles. The molecule has 0 saturated heterocycles. The predicted molar refractivity (Wildman–Crippen MR) is 501 cm³/mol. The van der Waals surface area contributed by atoms with Crippen LogP contribution in [0.4, 0.5) is 0 Å². The second-order valence-electron chi connectivity index (χ2n) is 30.0. The Bertz CT molecular complexity index is 8630. The molecule has 12 heterocycles. The minimum Gasteiger partial charge on any atom is -0.309 e. The van der Waals surface area contributed by atoms with E-state index in [1.165, 1.54) is 207 Å². The van der Waals surface area contributed by atoms with Crippen molar-refractivity contribution in [1.82, 2.24) is 37.8 Å². The normalized spacial score (nSPS) is 12.1. The van der Waals surface area contributed by atoms with Crippen LogP contribution in [-0.2, 0) is 0 Å². The van der Waals surface area contributed by atoms with Crippen LogP contribution in [0.3, 0.4) is 0 Å². The number of para-hydroxylation sites is 9. The van der Waals surface area contributed by atoms with E-state index in [-0.39, 0.29) is 0 Å². The molecule has 0 amide bonds. The number of hydrogen-bond donors (Lipinski definition) is 0. The predicted octanol–water partition coefficient (Wildman–Crippen LogP) is 29.9. The third kappa shape index (κ3) is 9.87. The number of aromatic nitrogens is 8. The van der Waals surface area contributed by atoms with Crippen LogP contribution in [0.25, 0.3) is 230 Å². The Balaban J connectivity index is 0.0000000992. The Hall–Kier alpha value is -14.4. The van der Waals surface area contributed by atoms with Gasteiger partial charge in [0, 0.05) is 150 Å². The molecule has 0 atom stereocenters. The highest BCUT2D eigenvalue weighted by molar-refractivity contribution is 7.28. The Morgan fingerprint density at radius 3 is 0.838 bits per heavy atom. The Morgan fingerprint density at radius 1 is 0.171 bits per heavy atom. The molecule has 0 fully saturated rings. The van der Waals surface area contributed by atoms with Gasteiger partial charge in [0.2, 0.25) is 0 Å². The lowest BCUT2D eigenvalue weighted by Crippen LogP contribution is -1.97. The molecule has 12 heteroatoms. The molecule has 0 radical (unpaired) electrons. The first-order valence-corrected chi connectivity index (χ1v) is 42.6. The monoisotopic (exact) mass is 1560 g/mol. The number of fused-ring (bicyclic) bond motifs is 30. The van der Waals surface area contributed by atoms with Crippen LogP contribution in [0.15, 0.2) is 377 Å². The smallest absolute Gasteiger partial charge is 0.155 e. The van der Waals surface area contributed by atoms with Gasteiger partial charge < -0.3 is 9.13 Å². The summed E-state index contributed by atoms with van der Waals surface area (Å²) >= 11 is 7.40. The van der Waals surface area contributed by atoms with E-state index in [4.69, 9.17) is 15.0 Å². The van der Waals surface area contributed by atoms with Crippen LogP contribution in [0.1, 0.15) is 0 Å². The highest BCUT2D eigenvalue weighted by Gasteiger charge is 2.26. The molecular formula is C105H62N8S4. The van der Waals surface area contributed by atoms with Crippen molar-refractivity contribution >= 4 is 235 Å². The minimum atomic E-state index is 0.981. The van der Waals surface area contributed by atoms with E-state index in [0.717, 1.165) is 23.1 Å². The average molecular weight is 1560 g/mol.